The zero-order valence-electron chi connectivity index (χ0n) is 7.83. The molecule has 1 aliphatic carbocycles. The molecule has 0 aliphatic heterocycles. The van der Waals surface area contributed by atoms with Crippen LogP contribution in [0.15, 0.2) is 48.6 Å². The first-order valence-corrected chi connectivity index (χ1v) is 5.77. The van der Waals surface area contributed by atoms with Gasteiger partial charge in [0.25, 0.3) is 0 Å². The average Bonchev–Trinajstić information content (AvgIpc) is 2.23. The van der Waals surface area contributed by atoms with Crippen LogP contribution in [0.2, 0.25) is 0 Å². The first-order valence-electron chi connectivity index (χ1n) is 4.58. The third-order valence-corrected chi connectivity index (χ3v) is 3.70. The van der Waals surface area contributed by atoms with Crippen molar-refractivity contribution in [1.29, 1.82) is 0 Å². The Hall–Kier alpha value is -0.430. The van der Waals surface area contributed by atoms with Gasteiger partial charge in [0.15, 0.2) is 4.33 Å². The molecule has 1 atom stereocenters. The van der Waals surface area contributed by atoms with Crippen LogP contribution in [0.4, 0.5) is 0 Å². The van der Waals surface area contributed by atoms with E-state index in [1.54, 1.807) is 6.08 Å². The molecular weight excluding hydrogens is 250 g/mol. The summed E-state index contributed by atoms with van der Waals surface area (Å²) in [5.41, 5.74) is 2.16. The lowest BCUT2D eigenvalue weighted by molar-refractivity contribution is 0.973. The monoisotopic (exact) mass is 258 g/mol. The Bertz CT molecular complexity index is 404. The van der Waals surface area contributed by atoms with Gasteiger partial charge in [-0.2, -0.15) is 0 Å². The van der Waals surface area contributed by atoms with E-state index in [1.165, 1.54) is 0 Å². The summed E-state index contributed by atoms with van der Waals surface area (Å²) < 4.78 is -1.00. The molecule has 78 valence electrons. The highest BCUT2D eigenvalue weighted by molar-refractivity contribution is 6.54. The van der Waals surface area contributed by atoms with Gasteiger partial charge in [-0.3, -0.25) is 0 Å². The number of alkyl halides is 3. The fourth-order valence-corrected chi connectivity index (χ4v) is 1.90. The average molecular weight is 260 g/mol. The van der Waals surface area contributed by atoms with E-state index in [-0.39, 0.29) is 0 Å². The van der Waals surface area contributed by atoms with Crippen LogP contribution in [-0.4, -0.2) is 9.71 Å². The third kappa shape index (κ3) is 2.39. The van der Waals surface area contributed by atoms with Crippen LogP contribution >= 0.6 is 34.8 Å². The molecule has 0 radical (unpaired) electrons. The van der Waals surface area contributed by atoms with Crippen LogP contribution in [0, 0.1) is 0 Å². The summed E-state index contributed by atoms with van der Waals surface area (Å²) in [6.07, 6.45) is 5.49. The molecule has 0 spiro atoms. The van der Waals surface area contributed by atoms with Crippen molar-refractivity contribution in [3.8, 4) is 0 Å². The zero-order chi connectivity index (χ0) is 10.9. The number of halogens is 3. The Balaban J connectivity index is 2.32. The largest absolute Gasteiger partial charge is 0.156 e. The van der Waals surface area contributed by atoms with Gasteiger partial charge in [0.2, 0.25) is 0 Å². The number of benzene rings is 1. The smallest absolute Gasteiger partial charge is 0.115 e. The van der Waals surface area contributed by atoms with Gasteiger partial charge in [-0.1, -0.05) is 65.7 Å². The molecule has 0 bridgehead atoms. The molecule has 0 heterocycles. The van der Waals surface area contributed by atoms with Gasteiger partial charge in [-0.05, 0) is 17.2 Å². The van der Waals surface area contributed by atoms with Crippen molar-refractivity contribution in [3.05, 3.63) is 54.1 Å². The van der Waals surface area contributed by atoms with Crippen molar-refractivity contribution in [3.63, 3.8) is 0 Å². The molecule has 0 saturated carbocycles. The minimum atomic E-state index is -1.00. The highest BCUT2D eigenvalue weighted by Gasteiger charge is 2.31. The van der Waals surface area contributed by atoms with Crippen LogP contribution in [0.1, 0.15) is 5.56 Å². The van der Waals surface area contributed by atoms with E-state index in [4.69, 9.17) is 34.8 Å². The number of allylic oxidation sites excluding steroid dienone is 4. The molecule has 3 heteroatoms. The summed E-state index contributed by atoms with van der Waals surface area (Å²) in [7, 11) is 0. The van der Waals surface area contributed by atoms with E-state index in [0.29, 0.717) is 0 Å². The highest BCUT2D eigenvalue weighted by Crippen LogP contribution is 2.37. The lowest BCUT2D eigenvalue weighted by atomic mass is 9.99. The molecule has 0 nitrogen and oxygen atoms in total. The van der Waals surface area contributed by atoms with E-state index in [1.807, 2.05) is 42.5 Å². The van der Waals surface area contributed by atoms with Crippen molar-refractivity contribution >= 4 is 40.4 Å². The van der Waals surface area contributed by atoms with Gasteiger partial charge in [-0.25, -0.2) is 0 Å². The van der Waals surface area contributed by atoms with Crippen LogP contribution in [-0.2, 0) is 0 Å². The Labute approximate surface area is 104 Å². The van der Waals surface area contributed by atoms with Gasteiger partial charge in [-0.15, -0.1) is 11.6 Å². The van der Waals surface area contributed by atoms with Crippen molar-refractivity contribution in [2.45, 2.75) is 9.71 Å². The molecule has 1 aliphatic rings. The van der Waals surface area contributed by atoms with Gasteiger partial charge in [0.1, 0.15) is 0 Å². The molecule has 0 N–H and O–H groups in total. The summed E-state index contributed by atoms with van der Waals surface area (Å²) in [6, 6.07) is 9.99. The molecule has 0 amide bonds. The second-order valence-corrected chi connectivity index (χ2v) is 5.31. The minimum absolute atomic E-state index is 0.402. The van der Waals surface area contributed by atoms with Gasteiger partial charge in [0.05, 0.1) is 5.38 Å². The van der Waals surface area contributed by atoms with E-state index < -0.39 is 9.71 Å². The second-order valence-electron chi connectivity index (χ2n) is 3.40. The van der Waals surface area contributed by atoms with Crippen molar-refractivity contribution in [2.24, 2.45) is 0 Å². The predicted octanol–water partition coefficient (Wildman–Crippen LogP) is 4.42. The minimum Gasteiger partial charge on any atom is -0.115 e. The molecule has 0 aromatic heterocycles. The van der Waals surface area contributed by atoms with Gasteiger partial charge >= 0.3 is 0 Å². The summed E-state index contributed by atoms with van der Waals surface area (Å²) in [5, 5.41) is -0.402. The van der Waals surface area contributed by atoms with Crippen molar-refractivity contribution < 1.29 is 0 Å². The molecule has 0 fully saturated rings. The molecule has 1 aromatic carbocycles. The summed E-state index contributed by atoms with van der Waals surface area (Å²) in [6.45, 7) is 0. The Morgan fingerprint density at radius 2 is 1.73 bits per heavy atom. The normalized spacial score (nSPS) is 23.7. The lowest BCUT2D eigenvalue weighted by Gasteiger charge is -2.23. The fourth-order valence-electron chi connectivity index (χ4n) is 1.44. The standard InChI is InChI=1S/C12H9Cl3/c13-11-8-10(6-7-12(11,14)15)9-4-2-1-3-5-9/h1-8,11H. The first kappa shape index (κ1) is 11.1. The summed E-state index contributed by atoms with van der Waals surface area (Å²) in [5.74, 6) is 0. The van der Waals surface area contributed by atoms with Gasteiger partial charge in [0, 0.05) is 0 Å². The Morgan fingerprint density at radius 1 is 1.07 bits per heavy atom. The van der Waals surface area contributed by atoms with E-state index in [0.717, 1.165) is 11.1 Å². The Morgan fingerprint density at radius 3 is 2.33 bits per heavy atom. The summed E-state index contributed by atoms with van der Waals surface area (Å²) >= 11 is 18.0. The maximum atomic E-state index is 6.06. The SMILES string of the molecule is ClC1C=C(c2ccccc2)C=CC1(Cl)Cl. The van der Waals surface area contributed by atoms with Crippen LogP contribution in [0.3, 0.4) is 0 Å². The van der Waals surface area contributed by atoms with Crippen LogP contribution < -0.4 is 0 Å². The van der Waals surface area contributed by atoms with Crippen molar-refractivity contribution in [1.82, 2.24) is 0 Å². The lowest BCUT2D eigenvalue weighted by Crippen LogP contribution is -2.24. The third-order valence-electron chi connectivity index (χ3n) is 2.29. The van der Waals surface area contributed by atoms with E-state index in [9.17, 15) is 0 Å². The van der Waals surface area contributed by atoms with Crippen LogP contribution in [0.5, 0.6) is 0 Å². The molecule has 1 unspecified atom stereocenters. The molecule has 15 heavy (non-hydrogen) atoms. The zero-order valence-corrected chi connectivity index (χ0v) is 10.1. The maximum absolute atomic E-state index is 6.06. The van der Waals surface area contributed by atoms with Gasteiger partial charge < -0.3 is 0 Å². The van der Waals surface area contributed by atoms with Crippen LogP contribution in [0.25, 0.3) is 5.57 Å². The molecule has 0 saturated heterocycles. The first-order chi connectivity index (χ1) is 7.09. The second kappa shape index (κ2) is 4.21. The van der Waals surface area contributed by atoms with E-state index >= 15 is 0 Å². The highest BCUT2D eigenvalue weighted by atomic mass is 35.5. The number of rotatable bonds is 1. The fraction of sp³-hybridized carbons (Fsp3) is 0.167. The topological polar surface area (TPSA) is 0 Å². The number of hydrogen-bond donors (Lipinski definition) is 0. The van der Waals surface area contributed by atoms with Crippen molar-refractivity contribution in [2.75, 3.05) is 0 Å². The molecule has 2 rings (SSSR count). The quantitative estimate of drug-likeness (QED) is 0.655. The summed E-state index contributed by atoms with van der Waals surface area (Å²) in [4.78, 5) is 0. The Kier molecular flexibility index (Phi) is 3.11. The molecule has 1 aromatic rings. The van der Waals surface area contributed by atoms with E-state index in [2.05, 4.69) is 0 Å². The predicted molar refractivity (Wildman–Crippen MR) is 67.6 cm³/mol. The molecular formula is C12H9Cl3. The maximum Gasteiger partial charge on any atom is 0.156 e. The number of hydrogen-bond acceptors (Lipinski definition) is 0.